The van der Waals surface area contributed by atoms with Gasteiger partial charge in [0.25, 0.3) is 0 Å². The van der Waals surface area contributed by atoms with E-state index >= 15 is 0 Å². The van der Waals surface area contributed by atoms with E-state index in [4.69, 9.17) is 5.11 Å². The van der Waals surface area contributed by atoms with E-state index in [0.717, 1.165) is 10.6 Å². The lowest BCUT2D eigenvalue weighted by Crippen LogP contribution is -2.33. The molecule has 0 aliphatic carbocycles. The zero-order valence-electron chi connectivity index (χ0n) is 9.36. The minimum atomic E-state index is -0.734. The molecule has 0 saturated carbocycles. The standard InChI is InChI=1S/C12H15NO2S/c1-7-3-4-9-11(5-7)16-10(6-12(14)15)8(2)13-9/h3-5,8,10,13H,6H2,1-2H3,(H,14,15). The molecule has 3 nitrogen and oxygen atoms in total. The molecule has 0 bridgehead atoms. The summed E-state index contributed by atoms with van der Waals surface area (Å²) < 4.78 is 0. The number of benzene rings is 1. The summed E-state index contributed by atoms with van der Waals surface area (Å²) in [7, 11) is 0. The summed E-state index contributed by atoms with van der Waals surface area (Å²) in [4.78, 5) is 11.9. The first-order valence-electron chi connectivity index (χ1n) is 5.32. The van der Waals surface area contributed by atoms with E-state index in [0.29, 0.717) is 0 Å². The minimum absolute atomic E-state index is 0.104. The third-order valence-corrected chi connectivity index (χ3v) is 4.20. The number of carboxylic acids is 1. The van der Waals surface area contributed by atoms with Gasteiger partial charge in [-0.05, 0) is 31.5 Å². The summed E-state index contributed by atoms with van der Waals surface area (Å²) in [6, 6.07) is 6.42. The number of fused-ring (bicyclic) bond motifs is 1. The van der Waals surface area contributed by atoms with Crippen LogP contribution in [-0.2, 0) is 4.79 Å². The molecule has 1 aromatic carbocycles. The molecular weight excluding hydrogens is 222 g/mol. The Balaban J connectivity index is 2.22. The predicted molar refractivity (Wildman–Crippen MR) is 66.2 cm³/mol. The lowest BCUT2D eigenvalue weighted by atomic mass is 10.1. The normalized spacial score (nSPS) is 23.4. The Hall–Kier alpha value is -1.16. The van der Waals surface area contributed by atoms with Gasteiger partial charge in [-0.2, -0.15) is 0 Å². The molecule has 16 heavy (non-hydrogen) atoms. The number of nitrogens with one attached hydrogen (secondary N) is 1. The second-order valence-electron chi connectivity index (χ2n) is 4.19. The predicted octanol–water partition coefficient (Wildman–Crippen LogP) is 2.74. The maximum absolute atomic E-state index is 10.8. The van der Waals surface area contributed by atoms with Crippen molar-refractivity contribution in [2.75, 3.05) is 5.32 Å². The van der Waals surface area contributed by atoms with Crippen LogP contribution in [0.15, 0.2) is 23.1 Å². The molecule has 2 N–H and O–H groups in total. The van der Waals surface area contributed by atoms with Crippen molar-refractivity contribution in [1.82, 2.24) is 0 Å². The summed E-state index contributed by atoms with van der Waals surface area (Å²) in [6.07, 6.45) is 0.201. The van der Waals surface area contributed by atoms with Gasteiger partial charge in [0, 0.05) is 21.9 Å². The molecule has 0 saturated heterocycles. The van der Waals surface area contributed by atoms with Gasteiger partial charge in [0.1, 0.15) is 0 Å². The Labute approximate surface area is 99.2 Å². The largest absolute Gasteiger partial charge is 0.481 e. The van der Waals surface area contributed by atoms with Gasteiger partial charge in [-0.3, -0.25) is 4.79 Å². The first kappa shape index (κ1) is 11.3. The molecule has 2 rings (SSSR count). The summed E-state index contributed by atoms with van der Waals surface area (Å²) in [6.45, 7) is 4.08. The molecule has 2 unspecified atom stereocenters. The van der Waals surface area contributed by atoms with Crippen molar-refractivity contribution < 1.29 is 9.90 Å². The van der Waals surface area contributed by atoms with E-state index < -0.39 is 5.97 Å². The van der Waals surface area contributed by atoms with Crippen LogP contribution < -0.4 is 5.32 Å². The molecule has 1 aromatic rings. The summed E-state index contributed by atoms with van der Waals surface area (Å²) in [5, 5.41) is 12.3. The molecule has 2 atom stereocenters. The fraction of sp³-hybridized carbons (Fsp3) is 0.417. The summed E-state index contributed by atoms with van der Waals surface area (Å²) in [5.74, 6) is -0.734. The Morgan fingerprint density at radius 2 is 2.31 bits per heavy atom. The van der Waals surface area contributed by atoms with Gasteiger partial charge in [0.15, 0.2) is 0 Å². The average molecular weight is 237 g/mol. The Morgan fingerprint density at radius 1 is 1.56 bits per heavy atom. The summed E-state index contributed by atoms with van der Waals surface area (Å²) >= 11 is 1.66. The third-order valence-electron chi connectivity index (χ3n) is 2.73. The van der Waals surface area contributed by atoms with Crippen molar-refractivity contribution in [2.24, 2.45) is 0 Å². The highest BCUT2D eigenvalue weighted by Gasteiger charge is 2.27. The van der Waals surface area contributed by atoms with Gasteiger partial charge >= 0.3 is 5.97 Å². The molecule has 0 amide bonds. The van der Waals surface area contributed by atoms with E-state index in [2.05, 4.69) is 23.5 Å². The first-order chi connectivity index (χ1) is 7.56. The zero-order valence-corrected chi connectivity index (χ0v) is 10.2. The molecule has 1 aliphatic rings. The number of rotatable bonds is 2. The summed E-state index contributed by atoms with van der Waals surface area (Å²) in [5.41, 5.74) is 2.32. The van der Waals surface area contributed by atoms with E-state index in [1.54, 1.807) is 11.8 Å². The second-order valence-corrected chi connectivity index (χ2v) is 5.47. The van der Waals surface area contributed by atoms with Gasteiger partial charge in [0.2, 0.25) is 0 Å². The zero-order chi connectivity index (χ0) is 11.7. The average Bonchev–Trinajstić information content (AvgIpc) is 2.19. The molecule has 0 radical (unpaired) electrons. The monoisotopic (exact) mass is 237 g/mol. The number of carboxylic acid groups (broad SMARTS) is 1. The molecule has 0 fully saturated rings. The first-order valence-corrected chi connectivity index (χ1v) is 6.20. The van der Waals surface area contributed by atoms with Gasteiger partial charge < -0.3 is 10.4 Å². The van der Waals surface area contributed by atoms with Crippen LogP contribution in [0.2, 0.25) is 0 Å². The van der Waals surface area contributed by atoms with E-state index in [9.17, 15) is 4.79 Å². The van der Waals surface area contributed by atoms with Crippen molar-refractivity contribution in [3.63, 3.8) is 0 Å². The number of hydrogen-bond donors (Lipinski definition) is 2. The highest BCUT2D eigenvalue weighted by atomic mass is 32.2. The van der Waals surface area contributed by atoms with Crippen LogP contribution in [0.3, 0.4) is 0 Å². The molecule has 0 spiro atoms. The van der Waals surface area contributed by atoms with Crippen LogP contribution in [0.5, 0.6) is 0 Å². The fourth-order valence-electron chi connectivity index (χ4n) is 1.84. The lowest BCUT2D eigenvalue weighted by molar-refractivity contribution is -0.137. The van der Waals surface area contributed by atoms with Gasteiger partial charge in [-0.15, -0.1) is 11.8 Å². The number of aryl methyl sites for hydroxylation is 1. The van der Waals surface area contributed by atoms with E-state index in [-0.39, 0.29) is 17.7 Å². The van der Waals surface area contributed by atoms with Crippen molar-refractivity contribution >= 4 is 23.4 Å². The van der Waals surface area contributed by atoms with Crippen molar-refractivity contribution in [1.29, 1.82) is 0 Å². The maximum Gasteiger partial charge on any atom is 0.304 e. The SMILES string of the molecule is Cc1ccc2c(c1)SC(CC(=O)O)C(C)N2. The van der Waals surface area contributed by atoms with Gasteiger partial charge in [0.05, 0.1) is 6.42 Å². The van der Waals surface area contributed by atoms with Crippen LogP contribution in [0, 0.1) is 6.92 Å². The number of carbonyl (C=O) groups is 1. The Kier molecular flexibility index (Phi) is 3.10. The number of aliphatic carboxylic acids is 1. The van der Waals surface area contributed by atoms with Gasteiger partial charge in [-0.1, -0.05) is 6.07 Å². The molecule has 0 aromatic heterocycles. The minimum Gasteiger partial charge on any atom is -0.481 e. The Morgan fingerprint density at radius 3 is 3.00 bits per heavy atom. The van der Waals surface area contributed by atoms with Crippen LogP contribution in [0.4, 0.5) is 5.69 Å². The highest BCUT2D eigenvalue weighted by Crippen LogP contribution is 2.39. The molecule has 1 heterocycles. The second kappa shape index (κ2) is 4.37. The number of thioether (sulfide) groups is 1. The quantitative estimate of drug-likeness (QED) is 0.830. The number of hydrogen-bond acceptors (Lipinski definition) is 3. The van der Waals surface area contributed by atoms with Gasteiger partial charge in [-0.25, -0.2) is 0 Å². The van der Waals surface area contributed by atoms with Crippen LogP contribution in [-0.4, -0.2) is 22.4 Å². The van der Waals surface area contributed by atoms with Crippen LogP contribution in [0.25, 0.3) is 0 Å². The molecule has 1 aliphatic heterocycles. The third kappa shape index (κ3) is 2.32. The van der Waals surface area contributed by atoms with E-state index in [1.165, 1.54) is 5.56 Å². The van der Waals surface area contributed by atoms with Crippen LogP contribution >= 0.6 is 11.8 Å². The van der Waals surface area contributed by atoms with Crippen molar-refractivity contribution in [3.8, 4) is 0 Å². The van der Waals surface area contributed by atoms with Crippen LogP contribution in [0.1, 0.15) is 18.9 Å². The molecular formula is C12H15NO2S. The van der Waals surface area contributed by atoms with Crippen molar-refractivity contribution in [2.45, 2.75) is 36.5 Å². The topological polar surface area (TPSA) is 49.3 Å². The Bertz CT molecular complexity index is 419. The lowest BCUT2D eigenvalue weighted by Gasteiger charge is -2.31. The van der Waals surface area contributed by atoms with Crippen molar-refractivity contribution in [3.05, 3.63) is 23.8 Å². The molecule has 4 heteroatoms. The number of anilines is 1. The smallest absolute Gasteiger partial charge is 0.304 e. The highest BCUT2D eigenvalue weighted by molar-refractivity contribution is 8.00. The van der Waals surface area contributed by atoms with E-state index in [1.807, 2.05) is 13.8 Å². The fourth-order valence-corrected chi connectivity index (χ4v) is 3.17. The maximum atomic E-state index is 10.8. The molecule has 86 valence electrons.